The van der Waals surface area contributed by atoms with E-state index in [0.717, 1.165) is 57.3 Å². The van der Waals surface area contributed by atoms with Gasteiger partial charge in [-0.3, -0.25) is 9.80 Å². The number of piperazine rings is 1. The predicted molar refractivity (Wildman–Crippen MR) is 94.0 cm³/mol. The third-order valence-electron chi connectivity index (χ3n) is 4.69. The Kier molecular flexibility index (Phi) is 5.99. The fourth-order valence-electron chi connectivity index (χ4n) is 3.04. The minimum absolute atomic E-state index is 0.238. The molecule has 1 fully saturated rings. The lowest BCUT2D eigenvalue weighted by Crippen LogP contribution is -2.47. The Hall–Kier alpha value is -1.99. The van der Waals surface area contributed by atoms with E-state index in [4.69, 9.17) is 4.74 Å². The van der Waals surface area contributed by atoms with Gasteiger partial charge in [0.2, 0.25) is 0 Å². The molecule has 0 atom stereocenters. The third-order valence-corrected chi connectivity index (χ3v) is 4.69. The van der Waals surface area contributed by atoms with Crippen molar-refractivity contribution in [2.24, 2.45) is 7.05 Å². The summed E-state index contributed by atoms with van der Waals surface area (Å²) in [5.74, 6) is 2.54. The molecule has 0 unspecified atom stereocenters. The average Bonchev–Trinajstić information content (AvgIpc) is 2.98. The molecule has 2 heterocycles. The van der Waals surface area contributed by atoms with Crippen molar-refractivity contribution in [1.82, 2.24) is 24.6 Å². The van der Waals surface area contributed by atoms with Crippen molar-refractivity contribution in [1.29, 1.82) is 0 Å². The monoisotopic (exact) mass is 347 g/mol. The lowest BCUT2D eigenvalue weighted by Gasteiger charge is -2.34. The van der Waals surface area contributed by atoms with Crippen LogP contribution in [0, 0.1) is 5.82 Å². The molecule has 2 aromatic rings. The SMILES string of the molecule is CCc1nnc(CN2CCN(CCOc3ccc(F)cc3)CC2)n1C. The summed E-state index contributed by atoms with van der Waals surface area (Å²) in [6, 6.07) is 6.17. The number of rotatable bonds is 7. The van der Waals surface area contributed by atoms with Gasteiger partial charge in [0, 0.05) is 46.2 Å². The Morgan fingerprint density at radius 2 is 1.64 bits per heavy atom. The molecule has 0 aliphatic carbocycles. The van der Waals surface area contributed by atoms with Gasteiger partial charge in [0.15, 0.2) is 0 Å². The molecular formula is C18H26FN5O. The Bertz CT molecular complexity index is 665. The van der Waals surface area contributed by atoms with Crippen LogP contribution in [-0.4, -0.2) is 63.9 Å². The second-order valence-electron chi connectivity index (χ2n) is 6.37. The van der Waals surface area contributed by atoms with Crippen LogP contribution >= 0.6 is 0 Å². The number of ether oxygens (including phenoxy) is 1. The van der Waals surface area contributed by atoms with Gasteiger partial charge in [0.1, 0.15) is 29.8 Å². The molecule has 6 nitrogen and oxygen atoms in total. The first-order valence-electron chi connectivity index (χ1n) is 8.86. The number of aromatic nitrogens is 3. The van der Waals surface area contributed by atoms with Crippen LogP contribution in [0.25, 0.3) is 0 Å². The van der Waals surface area contributed by atoms with Crippen LogP contribution < -0.4 is 4.74 Å². The molecule has 1 aromatic heterocycles. The second kappa shape index (κ2) is 8.40. The van der Waals surface area contributed by atoms with E-state index in [9.17, 15) is 4.39 Å². The van der Waals surface area contributed by atoms with Crippen molar-refractivity contribution >= 4 is 0 Å². The zero-order chi connectivity index (χ0) is 17.6. The first-order valence-corrected chi connectivity index (χ1v) is 8.86. The van der Waals surface area contributed by atoms with Crippen LogP contribution in [0.3, 0.4) is 0 Å². The summed E-state index contributed by atoms with van der Waals surface area (Å²) in [5.41, 5.74) is 0. The molecule has 1 aliphatic rings. The van der Waals surface area contributed by atoms with Crippen LogP contribution in [0.1, 0.15) is 18.6 Å². The normalized spacial score (nSPS) is 16.3. The summed E-state index contributed by atoms with van der Waals surface area (Å²) < 4.78 is 20.6. The minimum Gasteiger partial charge on any atom is -0.492 e. The number of hydrogen-bond donors (Lipinski definition) is 0. The van der Waals surface area contributed by atoms with Crippen molar-refractivity contribution in [3.8, 4) is 5.75 Å². The van der Waals surface area contributed by atoms with Gasteiger partial charge < -0.3 is 9.30 Å². The van der Waals surface area contributed by atoms with Crippen molar-refractivity contribution in [2.75, 3.05) is 39.3 Å². The molecule has 25 heavy (non-hydrogen) atoms. The highest BCUT2D eigenvalue weighted by atomic mass is 19.1. The van der Waals surface area contributed by atoms with Gasteiger partial charge in [-0.05, 0) is 24.3 Å². The summed E-state index contributed by atoms with van der Waals surface area (Å²) in [6.45, 7) is 8.53. The standard InChI is InChI=1S/C18H26FN5O/c1-3-17-20-21-18(22(17)2)14-24-10-8-23(9-11-24)12-13-25-16-6-4-15(19)5-7-16/h4-7H,3,8-14H2,1-2H3. The Morgan fingerprint density at radius 3 is 2.28 bits per heavy atom. The van der Waals surface area contributed by atoms with Gasteiger partial charge in [-0.2, -0.15) is 0 Å². The second-order valence-corrected chi connectivity index (χ2v) is 6.37. The predicted octanol–water partition coefficient (Wildman–Crippen LogP) is 1.71. The van der Waals surface area contributed by atoms with E-state index >= 15 is 0 Å². The van der Waals surface area contributed by atoms with E-state index in [-0.39, 0.29) is 5.82 Å². The lowest BCUT2D eigenvalue weighted by molar-refractivity contribution is 0.110. The summed E-state index contributed by atoms with van der Waals surface area (Å²) in [7, 11) is 2.04. The molecule has 0 N–H and O–H groups in total. The van der Waals surface area contributed by atoms with E-state index in [1.54, 1.807) is 12.1 Å². The smallest absolute Gasteiger partial charge is 0.146 e. The average molecular weight is 347 g/mol. The first-order chi connectivity index (χ1) is 12.2. The fourth-order valence-corrected chi connectivity index (χ4v) is 3.04. The van der Waals surface area contributed by atoms with Crippen LogP contribution in [0.5, 0.6) is 5.75 Å². The molecular weight excluding hydrogens is 321 g/mol. The first kappa shape index (κ1) is 17.8. The van der Waals surface area contributed by atoms with Crippen molar-refractivity contribution in [3.05, 3.63) is 41.7 Å². The molecule has 0 saturated carbocycles. The van der Waals surface area contributed by atoms with Crippen LogP contribution in [0.15, 0.2) is 24.3 Å². The lowest BCUT2D eigenvalue weighted by atomic mass is 10.3. The van der Waals surface area contributed by atoms with Crippen LogP contribution in [0.4, 0.5) is 4.39 Å². The molecule has 0 bridgehead atoms. The highest BCUT2D eigenvalue weighted by molar-refractivity contribution is 5.21. The fraction of sp³-hybridized carbons (Fsp3) is 0.556. The minimum atomic E-state index is -0.238. The molecule has 1 aromatic carbocycles. The topological polar surface area (TPSA) is 46.4 Å². The molecule has 1 saturated heterocycles. The molecule has 0 amide bonds. The van der Waals surface area contributed by atoms with E-state index < -0.39 is 0 Å². The van der Waals surface area contributed by atoms with Gasteiger partial charge in [-0.15, -0.1) is 10.2 Å². The zero-order valence-electron chi connectivity index (χ0n) is 15.0. The van der Waals surface area contributed by atoms with Gasteiger partial charge in [0.25, 0.3) is 0 Å². The van der Waals surface area contributed by atoms with Gasteiger partial charge in [-0.1, -0.05) is 6.92 Å². The van der Waals surface area contributed by atoms with E-state index in [2.05, 4.69) is 31.5 Å². The van der Waals surface area contributed by atoms with Gasteiger partial charge in [-0.25, -0.2) is 4.39 Å². The van der Waals surface area contributed by atoms with E-state index in [1.165, 1.54) is 12.1 Å². The quantitative estimate of drug-likeness (QED) is 0.763. The van der Waals surface area contributed by atoms with Gasteiger partial charge >= 0.3 is 0 Å². The van der Waals surface area contributed by atoms with E-state index in [1.807, 2.05) is 7.05 Å². The maximum atomic E-state index is 12.9. The van der Waals surface area contributed by atoms with Crippen LogP contribution in [-0.2, 0) is 20.0 Å². The summed E-state index contributed by atoms with van der Waals surface area (Å²) in [4.78, 5) is 4.81. The third kappa shape index (κ3) is 4.76. The highest BCUT2D eigenvalue weighted by Crippen LogP contribution is 2.12. The summed E-state index contributed by atoms with van der Waals surface area (Å²) >= 11 is 0. The Balaban J connectivity index is 1.38. The van der Waals surface area contributed by atoms with Crippen molar-refractivity contribution in [3.63, 3.8) is 0 Å². The van der Waals surface area contributed by atoms with Crippen LogP contribution in [0.2, 0.25) is 0 Å². The summed E-state index contributed by atoms with van der Waals surface area (Å²) in [5, 5.41) is 8.53. The Labute approximate surface area is 148 Å². The number of nitrogens with zero attached hydrogens (tertiary/aromatic N) is 5. The van der Waals surface area contributed by atoms with Gasteiger partial charge in [0.05, 0.1) is 6.54 Å². The molecule has 7 heteroatoms. The maximum absolute atomic E-state index is 12.9. The molecule has 3 rings (SSSR count). The molecule has 0 spiro atoms. The maximum Gasteiger partial charge on any atom is 0.146 e. The van der Waals surface area contributed by atoms with Crippen molar-refractivity contribution < 1.29 is 9.13 Å². The largest absolute Gasteiger partial charge is 0.492 e. The van der Waals surface area contributed by atoms with Crippen molar-refractivity contribution in [2.45, 2.75) is 19.9 Å². The zero-order valence-corrected chi connectivity index (χ0v) is 15.0. The summed E-state index contributed by atoms with van der Waals surface area (Å²) in [6.07, 6.45) is 0.908. The molecule has 136 valence electrons. The number of hydrogen-bond acceptors (Lipinski definition) is 5. The molecule has 0 radical (unpaired) electrons. The molecule has 1 aliphatic heterocycles. The number of aryl methyl sites for hydroxylation is 1. The number of halogens is 1. The number of benzene rings is 1. The van der Waals surface area contributed by atoms with E-state index in [0.29, 0.717) is 12.4 Å². The highest BCUT2D eigenvalue weighted by Gasteiger charge is 2.19. The Morgan fingerprint density at radius 1 is 1.00 bits per heavy atom.